The minimum Gasteiger partial charge on any atom is -0.309 e. The molecule has 2 heteroatoms. The Morgan fingerprint density at radius 2 is 0.877 bits per heavy atom. The van der Waals surface area contributed by atoms with E-state index in [1.165, 1.54) is 0 Å². The van der Waals surface area contributed by atoms with Gasteiger partial charge in [0, 0.05) is 38.7 Å². The smallest absolute Gasteiger partial charge is 0.0667 e. The molecule has 57 heavy (non-hydrogen) atoms. The van der Waals surface area contributed by atoms with Crippen LogP contribution in [0.1, 0.15) is 70.6 Å². The van der Waals surface area contributed by atoms with E-state index < -0.39 is 322 Å². The van der Waals surface area contributed by atoms with Crippen LogP contribution in [0.2, 0.25) is 0 Å². The lowest BCUT2D eigenvalue weighted by atomic mass is 9.87. The van der Waals surface area contributed by atoms with Crippen LogP contribution in [0.25, 0.3) is 88.4 Å². The number of hydrogen-bond donors (Lipinski definition) is 0. The Balaban J connectivity index is 1.28. The van der Waals surface area contributed by atoms with Crippen LogP contribution in [0, 0.1) is 0 Å². The van der Waals surface area contributed by atoms with E-state index in [1.54, 1.807) is 0 Å². The molecule has 2 heterocycles. The molecule has 11 aromatic rings. The fraction of sp³-hybridized carbons (Fsp3) is 0.0182. The van der Waals surface area contributed by atoms with Gasteiger partial charge in [0.15, 0.2) is 0 Å². The Kier molecular flexibility index (Phi) is 2.82. The molecule has 1 atom stereocenters. The van der Waals surface area contributed by atoms with Crippen LogP contribution in [0.4, 0.5) is 0 Å². The van der Waals surface area contributed by atoms with Crippen LogP contribution in [0.15, 0.2) is 211 Å². The summed E-state index contributed by atoms with van der Waals surface area (Å²) < 4.78 is 322. The van der Waals surface area contributed by atoms with Crippen LogP contribution in [0.5, 0.6) is 0 Å². The molecule has 9 aromatic carbocycles. The van der Waals surface area contributed by atoms with Crippen molar-refractivity contribution in [3.8, 4) is 44.8 Å². The molecule has 0 fully saturated rings. The molecule has 0 bridgehead atoms. The summed E-state index contributed by atoms with van der Waals surface area (Å²) in [6.45, 7) is 0. The lowest BCUT2D eigenvalue weighted by Crippen LogP contribution is -2.01. The maximum Gasteiger partial charge on any atom is 0.0667 e. The summed E-state index contributed by atoms with van der Waals surface area (Å²) >= 11 is 0. The van der Waals surface area contributed by atoms with Gasteiger partial charge in [-0.3, -0.25) is 0 Å². The fourth-order valence-corrected chi connectivity index (χ4v) is 7.26. The SMILES string of the molecule is [2H]c1c([2H])c([2H])c(-c2c([2H])c([2H])c(-c3c([2H])c([2H])c([2H])c(C4c5c([2H])c([2H])c([2H])c([2H])c5-c5c4c([2H])c([2H])c([2H])c5-n4c5c([2H])c([2H])c([2H])c([2H])c5c5c([2H])c([2H])c(-n6c7c([2H])c([2H])c([2H])c([2H])c7c7c([2H])c([2H])c([2H])c([2H])c76)c([2H])c54)c3[2H])c([2H])c2[2H])c([2H])c1[2H]. The van der Waals surface area contributed by atoms with Gasteiger partial charge in [-0.25, -0.2) is 0 Å². The van der Waals surface area contributed by atoms with Gasteiger partial charge >= 0.3 is 0 Å². The van der Waals surface area contributed by atoms with E-state index in [0.717, 1.165) is 9.13 Å². The van der Waals surface area contributed by atoms with Crippen molar-refractivity contribution >= 4 is 43.6 Å². The molecule has 0 spiro atoms. The molecule has 2 nitrogen and oxygen atoms in total. The van der Waals surface area contributed by atoms with Crippen molar-refractivity contribution in [3.63, 3.8) is 0 Å². The average Bonchev–Trinajstić information content (AvgIpc) is 1.51. The number of aromatic nitrogens is 2. The van der Waals surface area contributed by atoms with Crippen molar-refractivity contribution in [1.82, 2.24) is 9.13 Å². The Bertz CT molecular complexity index is 5270. The minimum absolute atomic E-state index is 0.542. The monoisotopic (exact) mass is 760 g/mol. The summed E-state index contributed by atoms with van der Waals surface area (Å²) in [6.07, 6.45) is 0. The van der Waals surface area contributed by atoms with Crippen LogP contribution in [0.3, 0.4) is 0 Å². The van der Waals surface area contributed by atoms with Gasteiger partial charge in [0.05, 0.1) is 75.7 Å². The van der Waals surface area contributed by atoms with E-state index in [9.17, 15) is 24.7 Å². The minimum atomic E-state index is -2.22. The summed E-state index contributed by atoms with van der Waals surface area (Å²) in [7, 11) is 0. The number of hydrogen-bond acceptors (Lipinski definition) is 0. The Hall–Kier alpha value is -7.42. The average molecular weight is 760 g/mol. The van der Waals surface area contributed by atoms with Crippen molar-refractivity contribution < 1.29 is 48.0 Å². The van der Waals surface area contributed by atoms with Gasteiger partial charge in [-0.05, 0) is 80.8 Å². The highest BCUT2D eigenvalue weighted by atomic mass is 15.0. The van der Waals surface area contributed by atoms with E-state index in [4.69, 9.17) is 23.3 Å². The largest absolute Gasteiger partial charge is 0.309 e. The first kappa shape index (κ1) is 12.8. The molecule has 1 aliphatic carbocycles. The third-order valence-electron chi connectivity index (χ3n) is 9.61. The molecule has 1 unspecified atom stereocenters. The number of rotatable bonds is 5. The Morgan fingerprint density at radius 3 is 1.60 bits per heavy atom. The van der Waals surface area contributed by atoms with Gasteiger partial charge in [-0.2, -0.15) is 0 Å². The van der Waals surface area contributed by atoms with Crippen LogP contribution in [-0.2, 0) is 0 Å². The first-order chi connectivity index (χ1) is 42.9. The highest BCUT2D eigenvalue weighted by molar-refractivity contribution is 6.12. The quantitative estimate of drug-likeness (QED) is 0.165. The maximum absolute atomic E-state index is 10.3. The predicted molar refractivity (Wildman–Crippen MR) is 239 cm³/mol. The Labute approximate surface area is 380 Å². The summed E-state index contributed by atoms with van der Waals surface area (Å²) in [5.41, 5.74) is -11.8. The highest BCUT2D eigenvalue weighted by Gasteiger charge is 2.33. The van der Waals surface area contributed by atoms with E-state index >= 15 is 0 Å². The topological polar surface area (TPSA) is 9.86 Å². The van der Waals surface area contributed by atoms with Crippen molar-refractivity contribution in [1.29, 1.82) is 0 Å². The van der Waals surface area contributed by atoms with Gasteiger partial charge in [0.2, 0.25) is 0 Å². The predicted octanol–water partition coefficient (Wildman–Crippen LogP) is 14.4. The molecule has 0 saturated carbocycles. The van der Waals surface area contributed by atoms with E-state index in [2.05, 4.69) is 0 Å². The zero-order valence-corrected chi connectivity index (χ0v) is 28.5. The summed E-state index contributed by atoms with van der Waals surface area (Å²) in [6, 6.07) is -35.0. The van der Waals surface area contributed by atoms with Crippen molar-refractivity contribution in [2.75, 3.05) is 0 Å². The number of para-hydroxylation sites is 3. The zero-order chi connectivity index (χ0) is 67.9. The molecule has 2 aromatic heterocycles. The second-order valence-electron chi connectivity index (χ2n) is 12.6. The summed E-state index contributed by atoms with van der Waals surface area (Å²) in [5, 5.41) is -2.44. The normalized spacial score (nSPS) is 22.0. The molecule has 0 amide bonds. The van der Waals surface area contributed by atoms with Crippen molar-refractivity contribution in [2.45, 2.75) is 5.92 Å². The van der Waals surface area contributed by atoms with Crippen molar-refractivity contribution in [2.24, 2.45) is 0 Å². The van der Waals surface area contributed by atoms with E-state index in [1.807, 2.05) is 0 Å². The molecule has 266 valence electrons. The first-order valence-electron chi connectivity index (χ1n) is 34.5. The van der Waals surface area contributed by atoms with Crippen molar-refractivity contribution in [3.05, 3.63) is 228 Å². The standard InChI is InChI=1S/C55H36N2/c1-2-14-36(15-3-1)37-28-30-38(31-29-37)39-16-12-17-40(34-39)54-46-21-4-5-22-47(46)55-48(54)23-13-27-52(55)57-51-26-11-8-20-44(51)45-33-32-41(35-53(45)57)56-49-24-9-6-18-42(49)43-19-7-10-25-50(43)56/h1-35,54H/i1D,2D,3D,4D,5D,6D,7D,8D,9D,10D,11D,12D,13D,14D,15D,16D,17D,18D,19D,20D,21D,22D,23D,24D,25D,26D,27D,28D,29D,30D,31D,32D,33D,34D,35D. The molecule has 1 aliphatic rings. The number of nitrogens with zero attached hydrogens (tertiary/aromatic N) is 2. The third kappa shape index (κ3) is 4.84. The van der Waals surface area contributed by atoms with Crippen LogP contribution >= 0.6 is 0 Å². The second-order valence-corrected chi connectivity index (χ2v) is 12.6. The van der Waals surface area contributed by atoms with E-state index in [-0.39, 0.29) is 0 Å². The molecular formula is C55H36N2. The third-order valence-corrected chi connectivity index (χ3v) is 9.61. The second kappa shape index (κ2) is 12.6. The fourth-order valence-electron chi connectivity index (χ4n) is 7.26. The summed E-state index contributed by atoms with van der Waals surface area (Å²) in [4.78, 5) is 0. The van der Waals surface area contributed by atoms with Gasteiger partial charge in [-0.15, -0.1) is 0 Å². The van der Waals surface area contributed by atoms with E-state index in [0.29, 0.717) is 0 Å². The van der Waals surface area contributed by atoms with Crippen LogP contribution in [-0.4, -0.2) is 9.13 Å². The number of benzene rings is 9. The molecule has 0 saturated heterocycles. The Morgan fingerprint density at radius 1 is 0.351 bits per heavy atom. The molecule has 0 radical (unpaired) electrons. The number of fused-ring (bicyclic) bond motifs is 9. The molecular weight excluding hydrogens is 689 g/mol. The molecule has 12 rings (SSSR count). The van der Waals surface area contributed by atoms with Gasteiger partial charge in [0.25, 0.3) is 0 Å². The lowest BCUT2D eigenvalue weighted by molar-refractivity contribution is 1.01. The lowest BCUT2D eigenvalue weighted by Gasteiger charge is -2.17. The van der Waals surface area contributed by atoms with Gasteiger partial charge in [-0.1, -0.05) is 175 Å². The molecule has 0 aliphatic heterocycles. The maximum atomic E-state index is 10.3. The highest BCUT2D eigenvalue weighted by Crippen LogP contribution is 2.51. The zero-order valence-electron chi connectivity index (χ0n) is 63.5. The van der Waals surface area contributed by atoms with Gasteiger partial charge in [0.1, 0.15) is 0 Å². The molecule has 0 N–H and O–H groups in total. The summed E-state index contributed by atoms with van der Waals surface area (Å²) in [5.74, 6) is -2.22. The van der Waals surface area contributed by atoms with Crippen LogP contribution < -0.4 is 0 Å². The first-order valence-corrected chi connectivity index (χ1v) is 17.0. The van der Waals surface area contributed by atoms with Gasteiger partial charge < -0.3 is 9.13 Å².